The van der Waals surface area contributed by atoms with Crippen molar-refractivity contribution < 1.29 is 14.3 Å². The van der Waals surface area contributed by atoms with Crippen molar-refractivity contribution in [2.24, 2.45) is 5.92 Å². The molecular weight excluding hydrogens is 364 g/mol. The zero-order valence-corrected chi connectivity index (χ0v) is 16.0. The van der Waals surface area contributed by atoms with Crippen molar-refractivity contribution in [3.05, 3.63) is 64.7 Å². The molecule has 0 radical (unpaired) electrons. The van der Waals surface area contributed by atoms with Crippen LogP contribution in [0.5, 0.6) is 5.75 Å². The highest BCUT2D eigenvalue weighted by atomic mass is 35.5. The van der Waals surface area contributed by atoms with Crippen LogP contribution in [-0.2, 0) is 11.3 Å². The first-order chi connectivity index (χ1) is 13.1. The first-order valence-electron chi connectivity index (χ1n) is 9.02. The molecule has 1 N–H and O–H groups in total. The minimum absolute atomic E-state index is 0.00215. The number of methoxy groups -OCH3 is 1. The topological polar surface area (TPSA) is 58.6 Å². The Bertz CT molecular complexity index is 782. The average Bonchev–Trinajstić information content (AvgIpc) is 2.73. The van der Waals surface area contributed by atoms with E-state index in [1.54, 1.807) is 31.4 Å². The predicted molar refractivity (Wildman–Crippen MR) is 105 cm³/mol. The van der Waals surface area contributed by atoms with Gasteiger partial charge in [-0.15, -0.1) is 0 Å². The van der Waals surface area contributed by atoms with Crippen molar-refractivity contribution in [1.82, 2.24) is 10.2 Å². The number of hydrogen-bond donors (Lipinski definition) is 1. The van der Waals surface area contributed by atoms with Gasteiger partial charge in [0.25, 0.3) is 5.91 Å². The number of ether oxygens (including phenoxy) is 1. The number of carbonyl (C=O) groups excluding carboxylic acids is 2. The molecule has 0 aliphatic carbocycles. The summed E-state index contributed by atoms with van der Waals surface area (Å²) in [6.07, 6.45) is 1.35. The van der Waals surface area contributed by atoms with Crippen molar-refractivity contribution >= 4 is 23.4 Å². The molecule has 3 rings (SSSR count). The van der Waals surface area contributed by atoms with Gasteiger partial charge in [0.2, 0.25) is 5.91 Å². The van der Waals surface area contributed by atoms with Gasteiger partial charge in [0.15, 0.2) is 0 Å². The van der Waals surface area contributed by atoms with E-state index in [2.05, 4.69) is 5.32 Å². The van der Waals surface area contributed by atoms with E-state index in [-0.39, 0.29) is 17.7 Å². The van der Waals surface area contributed by atoms with Gasteiger partial charge in [-0.1, -0.05) is 23.7 Å². The molecule has 0 bridgehead atoms. The van der Waals surface area contributed by atoms with Crippen LogP contribution in [-0.4, -0.2) is 36.9 Å². The van der Waals surface area contributed by atoms with E-state index in [1.165, 1.54) is 0 Å². The molecule has 0 atom stereocenters. The van der Waals surface area contributed by atoms with Gasteiger partial charge in [0.05, 0.1) is 7.11 Å². The highest BCUT2D eigenvalue weighted by Gasteiger charge is 2.27. The van der Waals surface area contributed by atoms with Gasteiger partial charge in [-0.3, -0.25) is 9.59 Å². The second kappa shape index (κ2) is 8.91. The minimum Gasteiger partial charge on any atom is -0.497 e. The molecule has 1 aliphatic rings. The summed E-state index contributed by atoms with van der Waals surface area (Å²) in [7, 11) is 1.60. The van der Waals surface area contributed by atoms with Gasteiger partial charge in [-0.25, -0.2) is 0 Å². The standard InChI is InChI=1S/C21H23ClN2O3/c1-27-19-8-4-17(5-9-19)21(26)24-12-10-16(11-13-24)20(25)23-14-15-2-6-18(22)7-3-15/h2-9,16H,10-14H2,1H3,(H,23,25). The monoisotopic (exact) mass is 386 g/mol. The third-order valence-electron chi connectivity index (χ3n) is 4.87. The summed E-state index contributed by atoms with van der Waals surface area (Å²) >= 11 is 5.87. The van der Waals surface area contributed by atoms with Gasteiger partial charge in [0.1, 0.15) is 5.75 Å². The fraction of sp³-hybridized carbons (Fsp3) is 0.333. The van der Waals surface area contributed by atoms with E-state index < -0.39 is 0 Å². The summed E-state index contributed by atoms with van der Waals surface area (Å²) in [5, 5.41) is 3.66. The Hall–Kier alpha value is -2.53. The maximum atomic E-state index is 12.6. The number of amides is 2. The van der Waals surface area contributed by atoms with Gasteiger partial charge >= 0.3 is 0 Å². The van der Waals surface area contributed by atoms with E-state index >= 15 is 0 Å². The van der Waals surface area contributed by atoms with E-state index in [0.29, 0.717) is 43.1 Å². The number of piperidine rings is 1. The lowest BCUT2D eigenvalue weighted by atomic mass is 9.95. The molecule has 0 unspecified atom stereocenters. The lowest BCUT2D eigenvalue weighted by Gasteiger charge is -2.31. The smallest absolute Gasteiger partial charge is 0.253 e. The molecule has 5 nitrogen and oxygen atoms in total. The summed E-state index contributed by atoms with van der Waals surface area (Å²) in [6, 6.07) is 14.5. The summed E-state index contributed by atoms with van der Waals surface area (Å²) < 4.78 is 5.12. The van der Waals surface area contributed by atoms with Crippen molar-refractivity contribution in [2.75, 3.05) is 20.2 Å². The maximum Gasteiger partial charge on any atom is 0.253 e. The first kappa shape index (κ1) is 19.2. The van der Waals surface area contributed by atoms with Gasteiger partial charge < -0.3 is 15.0 Å². The zero-order chi connectivity index (χ0) is 19.2. The number of nitrogens with one attached hydrogen (secondary N) is 1. The van der Waals surface area contributed by atoms with Crippen molar-refractivity contribution in [3.8, 4) is 5.75 Å². The minimum atomic E-state index is -0.0581. The molecule has 1 aliphatic heterocycles. The third-order valence-corrected chi connectivity index (χ3v) is 5.12. The molecule has 1 saturated heterocycles. The Morgan fingerprint density at radius 2 is 1.70 bits per heavy atom. The lowest BCUT2D eigenvalue weighted by molar-refractivity contribution is -0.126. The van der Waals surface area contributed by atoms with Gasteiger partial charge in [-0.05, 0) is 54.8 Å². The van der Waals surface area contributed by atoms with Gasteiger partial charge in [0, 0.05) is 36.1 Å². The number of rotatable bonds is 5. The largest absolute Gasteiger partial charge is 0.497 e. The number of nitrogens with zero attached hydrogens (tertiary/aromatic N) is 1. The van der Waals surface area contributed by atoms with Crippen molar-refractivity contribution in [1.29, 1.82) is 0 Å². The quantitative estimate of drug-likeness (QED) is 0.855. The first-order valence-corrected chi connectivity index (χ1v) is 9.40. The molecule has 1 fully saturated rings. The SMILES string of the molecule is COc1ccc(C(=O)N2CCC(C(=O)NCc3ccc(Cl)cc3)CC2)cc1. The fourth-order valence-corrected chi connectivity index (χ4v) is 3.32. The lowest BCUT2D eigenvalue weighted by Crippen LogP contribution is -2.42. The molecule has 2 amide bonds. The molecule has 0 spiro atoms. The van der Waals surface area contributed by atoms with Crippen LogP contribution in [0, 0.1) is 5.92 Å². The fourth-order valence-electron chi connectivity index (χ4n) is 3.20. The Labute approximate surface area is 164 Å². The normalized spacial score (nSPS) is 14.7. The van der Waals surface area contributed by atoms with Crippen LogP contribution in [0.4, 0.5) is 0 Å². The average molecular weight is 387 g/mol. The summed E-state index contributed by atoms with van der Waals surface area (Å²) in [6.45, 7) is 1.66. The third kappa shape index (κ3) is 5.01. The van der Waals surface area contributed by atoms with E-state index in [0.717, 1.165) is 11.3 Å². The zero-order valence-electron chi connectivity index (χ0n) is 15.3. The number of halogens is 1. The Balaban J connectivity index is 1.48. The van der Waals surface area contributed by atoms with Gasteiger partial charge in [-0.2, -0.15) is 0 Å². The number of hydrogen-bond acceptors (Lipinski definition) is 3. The van der Waals surface area contributed by atoms with Crippen molar-refractivity contribution in [2.45, 2.75) is 19.4 Å². The highest BCUT2D eigenvalue weighted by molar-refractivity contribution is 6.30. The van der Waals surface area contributed by atoms with Crippen LogP contribution in [0.1, 0.15) is 28.8 Å². The predicted octanol–water partition coefficient (Wildman–Crippen LogP) is 3.52. The number of likely N-dealkylation sites (tertiary alicyclic amines) is 1. The van der Waals surface area contributed by atoms with Crippen LogP contribution in [0.3, 0.4) is 0 Å². The maximum absolute atomic E-state index is 12.6. The van der Waals surface area contributed by atoms with Crippen LogP contribution in [0.25, 0.3) is 0 Å². The molecule has 142 valence electrons. The Morgan fingerprint density at radius 1 is 1.07 bits per heavy atom. The van der Waals surface area contributed by atoms with Crippen LogP contribution >= 0.6 is 11.6 Å². The molecule has 0 aromatic heterocycles. The summed E-state index contributed by atoms with van der Waals surface area (Å²) in [5.74, 6) is 0.707. The molecule has 1 heterocycles. The molecule has 27 heavy (non-hydrogen) atoms. The molecular formula is C21H23ClN2O3. The van der Waals surface area contributed by atoms with E-state index in [4.69, 9.17) is 16.3 Å². The number of benzene rings is 2. The second-order valence-corrected chi connectivity index (χ2v) is 7.08. The van der Waals surface area contributed by atoms with E-state index in [1.807, 2.05) is 29.2 Å². The Kier molecular flexibility index (Phi) is 6.35. The molecule has 2 aromatic carbocycles. The van der Waals surface area contributed by atoms with Crippen molar-refractivity contribution in [3.63, 3.8) is 0 Å². The summed E-state index contributed by atoms with van der Waals surface area (Å²) in [5.41, 5.74) is 1.65. The molecule has 0 saturated carbocycles. The van der Waals surface area contributed by atoms with Crippen LogP contribution in [0.2, 0.25) is 5.02 Å². The van der Waals surface area contributed by atoms with E-state index in [9.17, 15) is 9.59 Å². The molecule has 2 aromatic rings. The Morgan fingerprint density at radius 3 is 2.30 bits per heavy atom. The number of carbonyl (C=O) groups is 2. The highest BCUT2D eigenvalue weighted by Crippen LogP contribution is 2.20. The molecule has 6 heteroatoms. The van der Waals surface area contributed by atoms with Crippen LogP contribution < -0.4 is 10.1 Å². The van der Waals surface area contributed by atoms with Crippen LogP contribution in [0.15, 0.2) is 48.5 Å². The second-order valence-electron chi connectivity index (χ2n) is 6.64. The summed E-state index contributed by atoms with van der Waals surface area (Å²) in [4.78, 5) is 26.8.